The molecule has 1 fully saturated rings. The molecule has 6 nitrogen and oxygen atoms in total. The fraction of sp³-hybridized carbons (Fsp3) is 0.778. The minimum Gasteiger partial charge on any atom is -0.467 e. The Labute approximate surface area is 315 Å². The third-order valence-electron chi connectivity index (χ3n) is 10.1. The summed E-state index contributed by atoms with van der Waals surface area (Å²) in [6.45, 7) is 5.26. The number of allylic oxidation sites excluding steroid dienone is 8. The molecular formula is C45H80N2O4. The topological polar surface area (TPSA) is 81.9 Å². The van der Waals surface area contributed by atoms with E-state index in [4.69, 9.17) is 15.2 Å². The molecular weight excluding hydrogens is 633 g/mol. The molecule has 0 unspecified atom stereocenters. The first-order chi connectivity index (χ1) is 25.0. The first-order valence-electron chi connectivity index (χ1n) is 21.4. The average Bonchev–Trinajstić information content (AvgIpc) is 3.54. The second-order valence-electron chi connectivity index (χ2n) is 14.9. The van der Waals surface area contributed by atoms with Crippen molar-refractivity contribution in [3.63, 3.8) is 0 Å². The number of amides is 1. The first-order valence-corrected chi connectivity index (χ1v) is 21.4. The van der Waals surface area contributed by atoms with E-state index in [1.807, 2.05) is 0 Å². The molecule has 0 aromatic carbocycles. The van der Waals surface area contributed by atoms with Crippen molar-refractivity contribution in [2.24, 2.45) is 11.7 Å². The van der Waals surface area contributed by atoms with E-state index >= 15 is 0 Å². The molecule has 1 heterocycles. The van der Waals surface area contributed by atoms with Gasteiger partial charge < -0.3 is 15.2 Å². The smallest absolute Gasteiger partial charge is 0.410 e. The summed E-state index contributed by atoms with van der Waals surface area (Å²) in [7, 11) is 1.35. The van der Waals surface area contributed by atoms with Crippen molar-refractivity contribution in [1.82, 2.24) is 4.90 Å². The number of hydrogen-bond acceptors (Lipinski definition) is 5. The summed E-state index contributed by atoms with van der Waals surface area (Å²) in [6.07, 6.45) is 50.6. The summed E-state index contributed by atoms with van der Waals surface area (Å²) in [6, 6.07) is -0.870. The Balaban J connectivity index is 2.31. The van der Waals surface area contributed by atoms with Crippen LogP contribution in [0.5, 0.6) is 0 Å². The van der Waals surface area contributed by atoms with Crippen LogP contribution in [0.1, 0.15) is 187 Å². The third kappa shape index (κ3) is 27.0. The Morgan fingerprint density at radius 1 is 0.627 bits per heavy atom. The predicted molar refractivity (Wildman–Crippen MR) is 218 cm³/mol. The van der Waals surface area contributed by atoms with Crippen molar-refractivity contribution in [2.75, 3.05) is 20.3 Å². The summed E-state index contributed by atoms with van der Waals surface area (Å²) in [5, 5.41) is 0. The van der Waals surface area contributed by atoms with Crippen molar-refractivity contribution < 1.29 is 19.1 Å². The van der Waals surface area contributed by atoms with E-state index in [0.717, 1.165) is 25.7 Å². The van der Waals surface area contributed by atoms with Gasteiger partial charge >= 0.3 is 12.1 Å². The monoisotopic (exact) mass is 713 g/mol. The number of nitrogens with two attached hydrogens (primary N) is 1. The number of likely N-dealkylation sites (tertiary alicyclic amines) is 1. The lowest BCUT2D eigenvalue weighted by Gasteiger charge is -2.24. The van der Waals surface area contributed by atoms with Gasteiger partial charge in [-0.1, -0.05) is 152 Å². The van der Waals surface area contributed by atoms with Gasteiger partial charge in [0.1, 0.15) is 6.04 Å². The van der Waals surface area contributed by atoms with Gasteiger partial charge in [0.2, 0.25) is 0 Å². The molecule has 1 saturated heterocycles. The van der Waals surface area contributed by atoms with Crippen molar-refractivity contribution >= 4 is 12.1 Å². The number of ether oxygens (including phenoxy) is 2. The van der Waals surface area contributed by atoms with E-state index in [1.165, 1.54) is 153 Å². The highest BCUT2D eigenvalue weighted by Gasteiger charge is 2.40. The van der Waals surface area contributed by atoms with E-state index in [-0.39, 0.29) is 6.04 Å². The highest BCUT2D eigenvalue weighted by molar-refractivity contribution is 5.82. The van der Waals surface area contributed by atoms with Crippen LogP contribution in [0.3, 0.4) is 0 Å². The van der Waals surface area contributed by atoms with Gasteiger partial charge in [-0.3, -0.25) is 4.90 Å². The second-order valence-corrected chi connectivity index (χ2v) is 14.9. The summed E-state index contributed by atoms with van der Waals surface area (Å²) in [5.41, 5.74) is 6.08. The lowest BCUT2D eigenvalue weighted by atomic mass is 9.94. The number of hydrogen-bond donors (Lipinski definition) is 1. The van der Waals surface area contributed by atoms with E-state index in [1.54, 1.807) is 0 Å². The lowest BCUT2D eigenvalue weighted by molar-refractivity contribution is -0.145. The van der Waals surface area contributed by atoms with Crippen LogP contribution in [0.4, 0.5) is 4.79 Å². The summed E-state index contributed by atoms with van der Waals surface area (Å²) >= 11 is 0. The van der Waals surface area contributed by atoms with E-state index in [9.17, 15) is 9.59 Å². The molecule has 51 heavy (non-hydrogen) atoms. The number of carbonyl (C=O) groups is 2. The zero-order chi connectivity index (χ0) is 37.0. The van der Waals surface area contributed by atoms with Crippen LogP contribution in [0, 0.1) is 5.92 Å². The molecule has 6 heteroatoms. The molecule has 1 aliphatic heterocycles. The zero-order valence-corrected chi connectivity index (χ0v) is 33.5. The Morgan fingerprint density at radius 2 is 1.04 bits per heavy atom. The molecule has 0 spiro atoms. The van der Waals surface area contributed by atoms with Crippen LogP contribution in [-0.4, -0.2) is 49.3 Å². The molecule has 2 atom stereocenters. The van der Waals surface area contributed by atoms with E-state index in [0.29, 0.717) is 25.5 Å². The van der Waals surface area contributed by atoms with E-state index < -0.39 is 18.1 Å². The molecule has 1 amide bonds. The molecule has 0 aromatic rings. The maximum absolute atomic E-state index is 13.0. The van der Waals surface area contributed by atoms with Crippen molar-refractivity contribution in [3.8, 4) is 0 Å². The number of unbranched alkanes of at least 4 members (excludes halogenated alkanes) is 18. The quantitative estimate of drug-likeness (QED) is 0.0416. The zero-order valence-electron chi connectivity index (χ0n) is 33.5. The SMILES string of the molecule is CCCCCC=CCC=CCCCCCCCCC(CCCCCCCCC=CCC=CCCCCC)COC(=O)N1C[C@@H](N)C[C@H]1C(=O)OC. The minimum atomic E-state index is -0.642. The Kier molecular flexibility index (Phi) is 31.8. The van der Waals surface area contributed by atoms with Crippen LogP contribution >= 0.6 is 0 Å². The van der Waals surface area contributed by atoms with Crippen molar-refractivity contribution in [1.29, 1.82) is 0 Å². The number of nitrogens with zero attached hydrogens (tertiary/aromatic N) is 1. The van der Waals surface area contributed by atoms with Crippen LogP contribution in [0.2, 0.25) is 0 Å². The molecule has 1 aliphatic rings. The van der Waals surface area contributed by atoms with Gasteiger partial charge in [-0.05, 0) is 89.4 Å². The molecule has 2 N–H and O–H groups in total. The molecule has 0 bridgehead atoms. The van der Waals surface area contributed by atoms with Crippen molar-refractivity contribution in [2.45, 2.75) is 199 Å². The normalized spacial score (nSPS) is 17.1. The Hall–Kier alpha value is -2.34. The van der Waals surface area contributed by atoms with E-state index in [2.05, 4.69) is 62.5 Å². The van der Waals surface area contributed by atoms with Gasteiger partial charge in [0.25, 0.3) is 0 Å². The minimum absolute atomic E-state index is 0.228. The Morgan fingerprint density at radius 3 is 1.47 bits per heavy atom. The maximum atomic E-state index is 13.0. The highest BCUT2D eigenvalue weighted by Crippen LogP contribution is 2.23. The van der Waals surface area contributed by atoms with Crippen LogP contribution < -0.4 is 5.73 Å². The lowest BCUT2D eigenvalue weighted by Crippen LogP contribution is -2.42. The Bertz CT molecular complexity index is 894. The van der Waals surface area contributed by atoms with Crippen LogP contribution in [0.15, 0.2) is 48.6 Å². The molecule has 0 saturated carbocycles. The number of rotatable bonds is 33. The summed E-state index contributed by atoms with van der Waals surface area (Å²) < 4.78 is 10.7. The fourth-order valence-corrected chi connectivity index (χ4v) is 6.86. The van der Waals surface area contributed by atoms with Crippen LogP contribution in [-0.2, 0) is 14.3 Å². The number of carbonyl (C=O) groups excluding carboxylic acids is 2. The molecule has 0 aromatic heterocycles. The standard InChI is InChI=1S/C45H80N2O4/c1-4-6-8-10-12-14-16-18-20-22-24-26-28-30-32-34-36-41(40-51-45(49)47-39-42(46)38-43(47)44(48)50-3)37-35-33-31-29-27-25-23-21-19-17-15-13-11-9-7-5-2/h12-15,18-21,41-43H,4-11,16-17,22-40,46H2,1-3H3/t41?,42-,43-/m0/s1. The predicted octanol–water partition coefficient (Wildman–Crippen LogP) is 12.7. The van der Waals surface area contributed by atoms with Gasteiger partial charge in [-0.15, -0.1) is 0 Å². The van der Waals surface area contributed by atoms with Gasteiger partial charge in [0.05, 0.1) is 13.7 Å². The summed E-state index contributed by atoms with van der Waals surface area (Å²) in [5.74, 6) is -0.0578. The van der Waals surface area contributed by atoms with Crippen molar-refractivity contribution in [3.05, 3.63) is 48.6 Å². The largest absolute Gasteiger partial charge is 0.467 e. The maximum Gasteiger partial charge on any atom is 0.410 e. The third-order valence-corrected chi connectivity index (χ3v) is 10.1. The number of methoxy groups -OCH3 is 1. The highest BCUT2D eigenvalue weighted by atomic mass is 16.6. The van der Waals surface area contributed by atoms with Gasteiger partial charge in [0, 0.05) is 12.6 Å². The van der Waals surface area contributed by atoms with Gasteiger partial charge in [-0.2, -0.15) is 0 Å². The average molecular weight is 713 g/mol. The van der Waals surface area contributed by atoms with Crippen LogP contribution in [0.25, 0.3) is 0 Å². The molecule has 0 radical (unpaired) electrons. The van der Waals surface area contributed by atoms with Gasteiger partial charge in [0.15, 0.2) is 0 Å². The second kappa shape index (κ2) is 34.7. The summed E-state index contributed by atoms with van der Waals surface area (Å²) in [4.78, 5) is 26.7. The molecule has 0 aliphatic carbocycles. The first kappa shape index (κ1) is 46.7. The molecule has 294 valence electrons. The fourth-order valence-electron chi connectivity index (χ4n) is 6.86. The molecule has 1 rings (SSSR count). The number of esters is 1. The van der Waals surface area contributed by atoms with Gasteiger partial charge in [-0.25, -0.2) is 9.59 Å².